The average Bonchev–Trinajstić information content (AvgIpc) is 2.87. The van der Waals surface area contributed by atoms with Gasteiger partial charge in [-0.05, 0) is 19.4 Å². The van der Waals surface area contributed by atoms with Crippen LogP contribution < -0.4 is 0 Å². The van der Waals surface area contributed by atoms with Crippen LogP contribution in [0.1, 0.15) is 28.5 Å². The molecule has 0 bridgehead atoms. The van der Waals surface area contributed by atoms with Crippen LogP contribution in [0, 0.1) is 18.3 Å². The van der Waals surface area contributed by atoms with Gasteiger partial charge < -0.3 is 4.40 Å². The molecule has 0 unspecified atom stereocenters. The summed E-state index contributed by atoms with van der Waals surface area (Å²) in [5, 5.41) is 9.47. The number of carbonyl (C=O) groups is 1. The highest BCUT2D eigenvalue weighted by atomic mass is 16.1. The highest BCUT2D eigenvalue weighted by Crippen LogP contribution is 2.28. The fraction of sp³-hybridized carbons (Fsp3) is 0.118. The van der Waals surface area contributed by atoms with Gasteiger partial charge in [0.2, 0.25) is 0 Å². The summed E-state index contributed by atoms with van der Waals surface area (Å²) in [5.41, 5.74) is 4.27. The summed E-state index contributed by atoms with van der Waals surface area (Å²) in [4.78, 5) is 15.9. The van der Waals surface area contributed by atoms with Crippen molar-refractivity contribution < 1.29 is 4.79 Å². The minimum Gasteiger partial charge on any atom is -0.303 e. The Morgan fingerprint density at radius 2 is 2.00 bits per heavy atom. The van der Waals surface area contributed by atoms with Gasteiger partial charge in [-0.3, -0.25) is 4.79 Å². The summed E-state index contributed by atoms with van der Waals surface area (Å²) in [6.07, 6.45) is 3.42. The SMILES string of the molecule is CC(=O)c1cnc2c(C#N)c(-c3ccccc3)cn2c1C. The molecular formula is C17H13N3O. The molecular weight excluding hydrogens is 262 g/mol. The van der Waals surface area contributed by atoms with E-state index in [4.69, 9.17) is 0 Å². The van der Waals surface area contributed by atoms with E-state index in [1.807, 2.05) is 47.9 Å². The van der Waals surface area contributed by atoms with E-state index in [9.17, 15) is 10.1 Å². The van der Waals surface area contributed by atoms with Crippen molar-refractivity contribution >= 4 is 11.4 Å². The van der Waals surface area contributed by atoms with E-state index in [2.05, 4.69) is 11.1 Å². The summed E-state index contributed by atoms with van der Waals surface area (Å²) >= 11 is 0. The minimum atomic E-state index is -0.0321. The topological polar surface area (TPSA) is 58.2 Å². The average molecular weight is 275 g/mol. The Bertz CT molecular complexity index is 886. The van der Waals surface area contributed by atoms with Gasteiger partial charge in [0, 0.05) is 23.7 Å². The number of carbonyl (C=O) groups excluding carboxylic acids is 1. The first-order valence-electron chi connectivity index (χ1n) is 6.60. The number of aromatic nitrogens is 2. The van der Waals surface area contributed by atoms with Gasteiger partial charge in [-0.2, -0.15) is 5.26 Å². The van der Waals surface area contributed by atoms with Crippen LogP contribution >= 0.6 is 0 Å². The Kier molecular flexibility index (Phi) is 3.03. The number of nitrogens with zero attached hydrogens (tertiary/aromatic N) is 3. The number of aryl methyl sites for hydroxylation is 1. The van der Waals surface area contributed by atoms with Crippen LogP contribution in [0.25, 0.3) is 16.8 Å². The number of rotatable bonds is 2. The Hall–Kier alpha value is -2.93. The molecule has 0 aliphatic rings. The second-order valence-corrected chi connectivity index (χ2v) is 4.90. The normalized spacial score (nSPS) is 10.5. The summed E-state index contributed by atoms with van der Waals surface area (Å²) in [6.45, 7) is 3.38. The lowest BCUT2D eigenvalue weighted by Gasteiger charge is -2.04. The fourth-order valence-corrected chi connectivity index (χ4v) is 2.52. The van der Waals surface area contributed by atoms with Crippen LogP contribution in [0.5, 0.6) is 0 Å². The molecule has 0 spiro atoms. The third-order valence-corrected chi connectivity index (χ3v) is 3.62. The Morgan fingerprint density at radius 3 is 2.62 bits per heavy atom. The van der Waals surface area contributed by atoms with E-state index >= 15 is 0 Å². The van der Waals surface area contributed by atoms with Gasteiger partial charge in [-0.15, -0.1) is 0 Å². The largest absolute Gasteiger partial charge is 0.303 e. The van der Waals surface area contributed by atoms with Crippen molar-refractivity contribution in [2.24, 2.45) is 0 Å². The van der Waals surface area contributed by atoms with Crippen molar-refractivity contribution in [2.45, 2.75) is 13.8 Å². The molecule has 0 N–H and O–H groups in total. The van der Waals surface area contributed by atoms with Gasteiger partial charge in [-0.25, -0.2) is 4.98 Å². The quantitative estimate of drug-likeness (QED) is 0.674. The van der Waals surface area contributed by atoms with Crippen molar-refractivity contribution in [3.63, 3.8) is 0 Å². The molecule has 0 fully saturated rings. The highest BCUT2D eigenvalue weighted by molar-refractivity contribution is 5.95. The lowest BCUT2D eigenvalue weighted by atomic mass is 10.1. The number of hydrogen-bond donors (Lipinski definition) is 0. The second-order valence-electron chi connectivity index (χ2n) is 4.90. The van der Waals surface area contributed by atoms with E-state index in [0.29, 0.717) is 16.8 Å². The summed E-state index contributed by atoms with van der Waals surface area (Å²) in [6, 6.07) is 11.9. The van der Waals surface area contributed by atoms with Crippen LogP contribution in [-0.2, 0) is 0 Å². The number of hydrogen-bond acceptors (Lipinski definition) is 3. The van der Waals surface area contributed by atoms with Crippen LogP contribution in [0.15, 0.2) is 42.7 Å². The van der Waals surface area contributed by atoms with E-state index in [1.165, 1.54) is 6.92 Å². The van der Waals surface area contributed by atoms with Gasteiger partial charge in [0.25, 0.3) is 0 Å². The van der Waals surface area contributed by atoms with Crippen molar-refractivity contribution in [1.82, 2.24) is 9.38 Å². The lowest BCUT2D eigenvalue weighted by molar-refractivity contribution is 0.101. The van der Waals surface area contributed by atoms with Crippen LogP contribution in [0.2, 0.25) is 0 Å². The molecule has 0 aliphatic carbocycles. The summed E-state index contributed by atoms with van der Waals surface area (Å²) in [7, 11) is 0. The predicted octanol–water partition coefficient (Wildman–Crippen LogP) is 3.38. The lowest BCUT2D eigenvalue weighted by Crippen LogP contribution is -2.03. The molecule has 3 aromatic rings. The molecule has 2 heterocycles. The molecule has 0 amide bonds. The van der Waals surface area contributed by atoms with Crippen molar-refractivity contribution in [3.8, 4) is 17.2 Å². The zero-order valence-electron chi connectivity index (χ0n) is 11.8. The Balaban J connectivity index is 2.36. The first-order chi connectivity index (χ1) is 10.1. The maximum Gasteiger partial charge on any atom is 0.163 e. The molecule has 0 radical (unpaired) electrons. The highest BCUT2D eigenvalue weighted by Gasteiger charge is 2.16. The van der Waals surface area contributed by atoms with Gasteiger partial charge in [0.05, 0.1) is 5.56 Å². The fourth-order valence-electron chi connectivity index (χ4n) is 2.52. The number of benzene rings is 1. The molecule has 4 nitrogen and oxygen atoms in total. The minimum absolute atomic E-state index is 0.0321. The second kappa shape index (κ2) is 4.88. The number of nitriles is 1. The number of ketones is 1. The molecule has 3 rings (SSSR count). The predicted molar refractivity (Wildman–Crippen MR) is 80.1 cm³/mol. The smallest absolute Gasteiger partial charge is 0.163 e. The van der Waals surface area contributed by atoms with Crippen molar-refractivity contribution in [3.05, 3.63) is 59.5 Å². The zero-order valence-corrected chi connectivity index (χ0v) is 11.8. The standard InChI is InChI=1S/C17H13N3O/c1-11-15(12(2)21)9-19-17-14(8-18)16(10-20(11)17)13-6-4-3-5-7-13/h3-7,9-10H,1-2H3. The molecule has 4 heteroatoms. The van der Waals surface area contributed by atoms with Crippen LogP contribution in [0.3, 0.4) is 0 Å². The Morgan fingerprint density at radius 1 is 1.29 bits per heavy atom. The van der Waals surface area contributed by atoms with E-state index in [1.54, 1.807) is 6.20 Å². The van der Waals surface area contributed by atoms with Gasteiger partial charge in [-0.1, -0.05) is 30.3 Å². The van der Waals surface area contributed by atoms with Crippen molar-refractivity contribution in [2.75, 3.05) is 0 Å². The number of fused-ring (bicyclic) bond motifs is 1. The molecule has 2 aromatic heterocycles. The van der Waals surface area contributed by atoms with E-state index in [0.717, 1.165) is 16.8 Å². The zero-order chi connectivity index (χ0) is 15.0. The first-order valence-corrected chi connectivity index (χ1v) is 6.60. The van der Waals surface area contributed by atoms with Gasteiger partial charge >= 0.3 is 0 Å². The maximum atomic E-state index is 11.6. The van der Waals surface area contributed by atoms with Gasteiger partial charge in [0.1, 0.15) is 11.6 Å². The Labute approximate surface area is 122 Å². The van der Waals surface area contributed by atoms with Crippen LogP contribution in [0.4, 0.5) is 0 Å². The monoisotopic (exact) mass is 275 g/mol. The molecule has 102 valence electrons. The first kappa shape index (κ1) is 13.1. The third-order valence-electron chi connectivity index (χ3n) is 3.62. The third kappa shape index (κ3) is 2.00. The molecule has 0 aliphatic heterocycles. The molecule has 0 saturated heterocycles. The molecule has 1 aromatic carbocycles. The van der Waals surface area contributed by atoms with Crippen LogP contribution in [-0.4, -0.2) is 15.2 Å². The van der Waals surface area contributed by atoms with Gasteiger partial charge in [0.15, 0.2) is 11.4 Å². The van der Waals surface area contributed by atoms with E-state index < -0.39 is 0 Å². The summed E-state index contributed by atoms with van der Waals surface area (Å²) < 4.78 is 1.82. The maximum absolute atomic E-state index is 11.6. The number of Topliss-reactive ketones (excluding diaryl/α,β-unsaturated/α-hetero) is 1. The van der Waals surface area contributed by atoms with Crippen molar-refractivity contribution in [1.29, 1.82) is 5.26 Å². The molecule has 0 saturated carbocycles. The molecule has 0 atom stereocenters. The summed E-state index contributed by atoms with van der Waals surface area (Å²) in [5.74, 6) is -0.0321. The molecule has 21 heavy (non-hydrogen) atoms. The van der Waals surface area contributed by atoms with E-state index in [-0.39, 0.29) is 5.78 Å².